The number of furan rings is 1. The molecule has 0 radical (unpaired) electrons. The van der Waals surface area contributed by atoms with E-state index in [0.29, 0.717) is 12.0 Å². The zero-order valence-corrected chi connectivity index (χ0v) is 12.1. The Hall–Kier alpha value is -1.28. The van der Waals surface area contributed by atoms with Gasteiger partial charge in [-0.1, -0.05) is 32.0 Å². The molecule has 2 nitrogen and oxygen atoms in total. The fraction of sp³-hybridized carbons (Fsp3) is 0.529. The molecule has 1 aliphatic rings. The van der Waals surface area contributed by atoms with Crippen LogP contribution in [0.25, 0.3) is 11.0 Å². The van der Waals surface area contributed by atoms with Gasteiger partial charge in [0.25, 0.3) is 0 Å². The van der Waals surface area contributed by atoms with Gasteiger partial charge in [0.15, 0.2) is 0 Å². The predicted molar refractivity (Wildman–Crippen MR) is 79.6 cm³/mol. The van der Waals surface area contributed by atoms with E-state index in [0.717, 1.165) is 23.8 Å². The number of hydrogen-bond donors (Lipinski definition) is 1. The van der Waals surface area contributed by atoms with E-state index in [1.54, 1.807) is 0 Å². The van der Waals surface area contributed by atoms with E-state index in [1.165, 1.54) is 23.8 Å². The Labute approximate surface area is 115 Å². The molecule has 2 aromatic rings. The zero-order chi connectivity index (χ0) is 13.4. The van der Waals surface area contributed by atoms with Gasteiger partial charge in [-0.05, 0) is 38.3 Å². The van der Waals surface area contributed by atoms with Gasteiger partial charge in [-0.2, -0.15) is 0 Å². The molecular weight excluding hydrogens is 234 g/mol. The van der Waals surface area contributed by atoms with Gasteiger partial charge in [0, 0.05) is 22.9 Å². The average molecular weight is 257 g/mol. The van der Waals surface area contributed by atoms with Gasteiger partial charge in [0.05, 0.1) is 0 Å². The first-order valence-electron chi connectivity index (χ1n) is 7.38. The zero-order valence-electron chi connectivity index (χ0n) is 12.1. The first kappa shape index (κ1) is 12.7. The van der Waals surface area contributed by atoms with Crippen LogP contribution in [-0.4, -0.2) is 12.6 Å². The minimum atomic E-state index is 0.597. The van der Waals surface area contributed by atoms with E-state index in [2.05, 4.69) is 44.3 Å². The second-order valence-electron chi connectivity index (χ2n) is 6.15. The SMILES string of the molecule is Cc1oc2ccccc2c1C1CCNC1CC(C)C. The maximum Gasteiger partial charge on any atom is 0.134 e. The van der Waals surface area contributed by atoms with Gasteiger partial charge >= 0.3 is 0 Å². The number of rotatable bonds is 3. The van der Waals surface area contributed by atoms with Crippen LogP contribution in [0.2, 0.25) is 0 Å². The summed E-state index contributed by atoms with van der Waals surface area (Å²) in [5, 5.41) is 4.98. The molecule has 0 saturated carbocycles. The van der Waals surface area contributed by atoms with Crippen molar-refractivity contribution in [2.24, 2.45) is 5.92 Å². The minimum Gasteiger partial charge on any atom is -0.461 e. The Kier molecular flexibility index (Phi) is 3.36. The Morgan fingerprint density at radius 1 is 1.32 bits per heavy atom. The van der Waals surface area contributed by atoms with Crippen LogP contribution < -0.4 is 5.32 Å². The molecule has 1 aliphatic heterocycles. The second-order valence-corrected chi connectivity index (χ2v) is 6.15. The molecule has 0 spiro atoms. The van der Waals surface area contributed by atoms with Crippen LogP contribution in [-0.2, 0) is 0 Å². The summed E-state index contributed by atoms with van der Waals surface area (Å²) in [5.41, 5.74) is 2.47. The molecular formula is C17H23NO. The molecule has 2 heteroatoms. The maximum atomic E-state index is 5.94. The number of benzene rings is 1. The van der Waals surface area contributed by atoms with Crippen molar-refractivity contribution in [2.45, 2.75) is 45.6 Å². The first-order valence-corrected chi connectivity index (χ1v) is 7.38. The van der Waals surface area contributed by atoms with Crippen LogP contribution in [0.4, 0.5) is 0 Å². The Balaban J connectivity index is 2.01. The second kappa shape index (κ2) is 5.01. The van der Waals surface area contributed by atoms with Gasteiger partial charge in [-0.15, -0.1) is 0 Å². The molecule has 2 heterocycles. The predicted octanol–water partition coefficient (Wildman–Crippen LogP) is 4.23. The number of para-hydroxylation sites is 1. The van der Waals surface area contributed by atoms with E-state index in [1.807, 2.05) is 6.07 Å². The lowest BCUT2D eigenvalue weighted by Crippen LogP contribution is -2.27. The molecule has 0 aliphatic carbocycles. The van der Waals surface area contributed by atoms with Crippen LogP contribution in [0.3, 0.4) is 0 Å². The molecule has 102 valence electrons. The molecule has 1 aromatic carbocycles. The molecule has 1 N–H and O–H groups in total. The van der Waals surface area contributed by atoms with E-state index in [-0.39, 0.29) is 0 Å². The first-order chi connectivity index (χ1) is 9.16. The Morgan fingerprint density at radius 2 is 2.11 bits per heavy atom. The van der Waals surface area contributed by atoms with Crippen molar-refractivity contribution < 1.29 is 4.42 Å². The van der Waals surface area contributed by atoms with Crippen molar-refractivity contribution in [1.82, 2.24) is 5.32 Å². The van der Waals surface area contributed by atoms with Gasteiger partial charge < -0.3 is 9.73 Å². The molecule has 1 fully saturated rings. The molecule has 0 amide bonds. The van der Waals surface area contributed by atoms with Crippen molar-refractivity contribution in [3.05, 3.63) is 35.6 Å². The highest BCUT2D eigenvalue weighted by Crippen LogP contribution is 2.38. The van der Waals surface area contributed by atoms with Crippen LogP contribution >= 0.6 is 0 Å². The number of hydrogen-bond acceptors (Lipinski definition) is 2. The lowest BCUT2D eigenvalue weighted by Gasteiger charge is -2.21. The van der Waals surface area contributed by atoms with Gasteiger partial charge in [-0.3, -0.25) is 0 Å². The molecule has 19 heavy (non-hydrogen) atoms. The number of nitrogens with one attached hydrogen (secondary N) is 1. The molecule has 3 rings (SSSR count). The van der Waals surface area contributed by atoms with Gasteiger partial charge in [-0.25, -0.2) is 0 Å². The minimum absolute atomic E-state index is 0.597. The monoisotopic (exact) mass is 257 g/mol. The summed E-state index contributed by atoms with van der Waals surface area (Å²) in [7, 11) is 0. The third-order valence-electron chi connectivity index (χ3n) is 4.26. The van der Waals surface area contributed by atoms with E-state index < -0.39 is 0 Å². The van der Waals surface area contributed by atoms with Crippen molar-refractivity contribution >= 4 is 11.0 Å². The van der Waals surface area contributed by atoms with E-state index >= 15 is 0 Å². The highest BCUT2D eigenvalue weighted by Gasteiger charge is 2.32. The van der Waals surface area contributed by atoms with E-state index in [4.69, 9.17) is 4.42 Å². The average Bonchev–Trinajstić information content (AvgIpc) is 2.91. The molecule has 1 aromatic heterocycles. The third kappa shape index (κ3) is 2.30. The topological polar surface area (TPSA) is 25.2 Å². The van der Waals surface area contributed by atoms with Gasteiger partial charge in [0.1, 0.15) is 11.3 Å². The summed E-state index contributed by atoms with van der Waals surface area (Å²) in [4.78, 5) is 0. The lowest BCUT2D eigenvalue weighted by atomic mass is 9.86. The van der Waals surface area contributed by atoms with Crippen LogP contribution in [0.15, 0.2) is 28.7 Å². The molecule has 0 bridgehead atoms. The standard InChI is InChI=1S/C17H23NO/c1-11(2)10-15-13(8-9-18-15)17-12(3)19-16-7-5-4-6-14(16)17/h4-7,11,13,15,18H,8-10H2,1-3H3. The maximum absolute atomic E-state index is 5.94. The normalized spacial score (nSPS) is 23.6. The van der Waals surface area contributed by atoms with Crippen LogP contribution in [0, 0.1) is 12.8 Å². The quantitative estimate of drug-likeness (QED) is 0.890. The van der Waals surface area contributed by atoms with Crippen LogP contribution in [0.1, 0.15) is 43.9 Å². The van der Waals surface area contributed by atoms with Crippen molar-refractivity contribution in [3.63, 3.8) is 0 Å². The van der Waals surface area contributed by atoms with Crippen molar-refractivity contribution in [1.29, 1.82) is 0 Å². The summed E-state index contributed by atoms with van der Waals surface area (Å²) in [5.74, 6) is 2.44. The smallest absolute Gasteiger partial charge is 0.134 e. The highest BCUT2D eigenvalue weighted by atomic mass is 16.3. The van der Waals surface area contributed by atoms with E-state index in [9.17, 15) is 0 Å². The number of aryl methyl sites for hydroxylation is 1. The van der Waals surface area contributed by atoms with Gasteiger partial charge in [0.2, 0.25) is 0 Å². The molecule has 1 saturated heterocycles. The third-order valence-corrected chi connectivity index (χ3v) is 4.26. The fourth-order valence-corrected chi connectivity index (χ4v) is 3.52. The summed E-state index contributed by atoms with van der Waals surface area (Å²) in [6.45, 7) is 7.84. The Morgan fingerprint density at radius 3 is 2.89 bits per heavy atom. The highest BCUT2D eigenvalue weighted by molar-refractivity contribution is 5.83. The van der Waals surface area contributed by atoms with Crippen LogP contribution in [0.5, 0.6) is 0 Å². The largest absolute Gasteiger partial charge is 0.461 e. The fourth-order valence-electron chi connectivity index (χ4n) is 3.52. The Bertz CT molecular complexity index is 570. The van der Waals surface area contributed by atoms with Crippen molar-refractivity contribution in [2.75, 3.05) is 6.54 Å². The molecule has 2 unspecified atom stereocenters. The van der Waals surface area contributed by atoms with Crippen molar-refractivity contribution in [3.8, 4) is 0 Å². The summed E-state index contributed by atoms with van der Waals surface area (Å²) in [6.07, 6.45) is 2.46. The summed E-state index contributed by atoms with van der Waals surface area (Å²) >= 11 is 0. The molecule has 2 atom stereocenters. The lowest BCUT2D eigenvalue weighted by molar-refractivity contribution is 0.430. The summed E-state index contributed by atoms with van der Waals surface area (Å²) < 4.78 is 5.94. The summed E-state index contributed by atoms with van der Waals surface area (Å²) in [6, 6.07) is 9.03. The number of fused-ring (bicyclic) bond motifs is 1.